The van der Waals surface area contributed by atoms with Gasteiger partial charge in [0, 0.05) is 12.0 Å². The smallest absolute Gasteiger partial charge is 0.0772 e. The molecule has 2 bridgehead atoms. The van der Waals surface area contributed by atoms with Gasteiger partial charge in [0.15, 0.2) is 0 Å². The molecule has 3 heteroatoms. The van der Waals surface area contributed by atoms with E-state index in [0.717, 1.165) is 32.1 Å². The van der Waals surface area contributed by atoms with Gasteiger partial charge in [-0.1, -0.05) is 20.8 Å². The molecule has 2 heterocycles. The monoisotopic (exact) mass is 253 g/mol. The Morgan fingerprint density at radius 1 is 1.28 bits per heavy atom. The SMILES string of the molecule is CC1CC(C)(C)CC1(O)C1(CN)CC2CCC1O2. The number of nitrogens with two attached hydrogens (primary N) is 1. The molecule has 3 rings (SSSR count). The van der Waals surface area contributed by atoms with Gasteiger partial charge in [-0.15, -0.1) is 0 Å². The molecule has 3 aliphatic rings. The van der Waals surface area contributed by atoms with Crippen LogP contribution in [0.5, 0.6) is 0 Å². The van der Waals surface area contributed by atoms with Gasteiger partial charge in [0.05, 0.1) is 17.8 Å². The van der Waals surface area contributed by atoms with Gasteiger partial charge in [0.2, 0.25) is 0 Å². The second-order valence-electron chi connectivity index (χ2n) is 7.76. The lowest BCUT2D eigenvalue weighted by molar-refractivity contribution is -0.134. The third kappa shape index (κ3) is 1.47. The van der Waals surface area contributed by atoms with E-state index >= 15 is 0 Å². The summed E-state index contributed by atoms with van der Waals surface area (Å²) in [5.41, 5.74) is 5.53. The first-order valence-corrected chi connectivity index (χ1v) is 7.41. The Labute approximate surface area is 110 Å². The predicted molar refractivity (Wildman–Crippen MR) is 71.1 cm³/mol. The first-order chi connectivity index (χ1) is 8.33. The molecule has 2 aliphatic heterocycles. The average Bonchev–Trinajstić information content (AvgIpc) is 2.91. The van der Waals surface area contributed by atoms with Crippen molar-refractivity contribution in [3.63, 3.8) is 0 Å². The van der Waals surface area contributed by atoms with Crippen LogP contribution in [0, 0.1) is 16.7 Å². The topological polar surface area (TPSA) is 55.5 Å². The Bertz CT molecular complexity index is 356. The van der Waals surface area contributed by atoms with Gasteiger partial charge in [-0.25, -0.2) is 0 Å². The van der Waals surface area contributed by atoms with Crippen LogP contribution in [-0.2, 0) is 4.74 Å². The molecule has 0 spiro atoms. The lowest BCUT2D eigenvalue weighted by atomic mass is 9.59. The molecule has 0 radical (unpaired) electrons. The number of hydrogen-bond acceptors (Lipinski definition) is 3. The molecular formula is C15H27NO2. The van der Waals surface area contributed by atoms with Crippen molar-refractivity contribution in [1.29, 1.82) is 0 Å². The quantitative estimate of drug-likeness (QED) is 0.792. The molecule has 104 valence electrons. The van der Waals surface area contributed by atoms with E-state index in [1.807, 2.05) is 0 Å². The molecule has 0 aromatic carbocycles. The summed E-state index contributed by atoms with van der Waals surface area (Å²) in [6, 6.07) is 0. The molecule has 2 saturated heterocycles. The van der Waals surface area contributed by atoms with Crippen LogP contribution < -0.4 is 5.73 Å². The van der Waals surface area contributed by atoms with E-state index in [1.54, 1.807) is 0 Å². The number of ether oxygens (including phenoxy) is 1. The van der Waals surface area contributed by atoms with Crippen molar-refractivity contribution in [2.75, 3.05) is 6.54 Å². The van der Waals surface area contributed by atoms with Crippen LogP contribution in [0.4, 0.5) is 0 Å². The third-order valence-corrected chi connectivity index (χ3v) is 5.96. The van der Waals surface area contributed by atoms with E-state index in [1.165, 1.54) is 0 Å². The fraction of sp³-hybridized carbons (Fsp3) is 1.00. The van der Waals surface area contributed by atoms with Crippen LogP contribution >= 0.6 is 0 Å². The highest BCUT2D eigenvalue weighted by atomic mass is 16.5. The maximum Gasteiger partial charge on any atom is 0.0772 e. The standard InChI is InChI=1S/C15H27NO2/c1-10-6-13(2,3)8-15(10,17)14(9-16)7-11-4-5-12(14)18-11/h10-12,17H,4-9,16H2,1-3H3. The molecule has 3 N–H and O–H groups in total. The van der Waals surface area contributed by atoms with Crippen molar-refractivity contribution in [2.45, 2.75) is 70.7 Å². The van der Waals surface area contributed by atoms with Gasteiger partial charge < -0.3 is 15.6 Å². The number of fused-ring (bicyclic) bond motifs is 2. The second kappa shape index (κ2) is 3.71. The first kappa shape index (κ1) is 12.9. The summed E-state index contributed by atoms with van der Waals surface area (Å²) in [5, 5.41) is 11.4. The van der Waals surface area contributed by atoms with E-state index in [4.69, 9.17) is 10.5 Å². The van der Waals surface area contributed by atoms with Gasteiger partial charge in [-0.05, 0) is 43.4 Å². The largest absolute Gasteiger partial charge is 0.389 e. The van der Waals surface area contributed by atoms with Crippen LogP contribution in [0.1, 0.15) is 52.9 Å². The summed E-state index contributed by atoms with van der Waals surface area (Å²) < 4.78 is 6.03. The van der Waals surface area contributed by atoms with Gasteiger partial charge >= 0.3 is 0 Å². The number of rotatable bonds is 2. The summed E-state index contributed by atoms with van der Waals surface area (Å²) in [5.74, 6) is 0.319. The van der Waals surface area contributed by atoms with E-state index < -0.39 is 5.60 Å². The van der Waals surface area contributed by atoms with Crippen molar-refractivity contribution in [3.8, 4) is 0 Å². The zero-order valence-corrected chi connectivity index (χ0v) is 11.9. The van der Waals surface area contributed by atoms with E-state index in [9.17, 15) is 5.11 Å². The highest BCUT2D eigenvalue weighted by molar-refractivity contribution is 5.16. The summed E-state index contributed by atoms with van der Waals surface area (Å²) in [7, 11) is 0. The van der Waals surface area contributed by atoms with Crippen LogP contribution in [0.15, 0.2) is 0 Å². The predicted octanol–water partition coefficient (Wildman–Crippen LogP) is 2.07. The van der Waals surface area contributed by atoms with Crippen molar-refractivity contribution in [1.82, 2.24) is 0 Å². The molecule has 1 saturated carbocycles. The molecule has 0 aromatic heterocycles. The lowest BCUT2D eigenvalue weighted by Crippen LogP contribution is -2.59. The minimum absolute atomic E-state index is 0.189. The Morgan fingerprint density at radius 2 is 2.00 bits per heavy atom. The highest BCUT2D eigenvalue weighted by Gasteiger charge is 2.66. The summed E-state index contributed by atoms with van der Waals surface area (Å²) in [6.45, 7) is 7.28. The van der Waals surface area contributed by atoms with Crippen molar-refractivity contribution >= 4 is 0 Å². The molecule has 5 unspecified atom stereocenters. The molecule has 5 atom stereocenters. The van der Waals surface area contributed by atoms with Crippen LogP contribution in [0.2, 0.25) is 0 Å². The summed E-state index contributed by atoms with van der Waals surface area (Å²) >= 11 is 0. The Morgan fingerprint density at radius 3 is 2.39 bits per heavy atom. The highest BCUT2D eigenvalue weighted by Crippen LogP contribution is 2.62. The van der Waals surface area contributed by atoms with E-state index in [-0.39, 0.29) is 16.9 Å². The molecule has 0 amide bonds. The van der Waals surface area contributed by atoms with Crippen LogP contribution in [0.25, 0.3) is 0 Å². The maximum atomic E-state index is 11.4. The molecule has 3 fully saturated rings. The van der Waals surface area contributed by atoms with E-state index in [2.05, 4.69) is 20.8 Å². The van der Waals surface area contributed by atoms with Crippen LogP contribution in [-0.4, -0.2) is 29.5 Å². The Balaban J connectivity index is 1.97. The molecule has 3 nitrogen and oxygen atoms in total. The van der Waals surface area contributed by atoms with Gasteiger partial charge in [0.25, 0.3) is 0 Å². The Kier molecular flexibility index (Phi) is 2.66. The lowest BCUT2D eigenvalue weighted by Gasteiger charge is -2.49. The minimum Gasteiger partial charge on any atom is -0.389 e. The fourth-order valence-electron chi connectivity index (χ4n) is 5.29. The van der Waals surface area contributed by atoms with Gasteiger partial charge in [-0.3, -0.25) is 0 Å². The van der Waals surface area contributed by atoms with Crippen molar-refractivity contribution in [2.24, 2.45) is 22.5 Å². The summed E-state index contributed by atoms with van der Waals surface area (Å²) in [4.78, 5) is 0. The number of hydrogen-bond donors (Lipinski definition) is 2. The zero-order chi connectivity index (χ0) is 13.2. The molecule has 0 aromatic rings. The fourth-order valence-corrected chi connectivity index (χ4v) is 5.29. The van der Waals surface area contributed by atoms with Gasteiger partial charge in [0.1, 0.15) is 0 Å². The number of aliphatic hydroxyl groups is 1. The minimum atomic E-state index is -0.634. The molecule has 1 aliphatic carbocycles. The Hall–Kier alpha value is -0.120. The molecule has 18 heavy (non-hydrogen) atoms. The second-order valence-corrected chi connectivity index (χ2v) is 7.76. The summed E-state index contributed by atoms with van der Waals surface area (Å²) in [6.07, 6.45) is 5.68. The zero-order valence-electron chi connectivity index (χ0n) is 11.9. The molecular weight excluding hydrogens is 226 g/mol. The van der Waals surface area contributed by atoms with E-state index in [0.29, 0.717) is 18.6 Å². The van der Waals surface area contributed by atoms with Crippen molar-refractivity contribution < 1.29 is 9.84 Å². The van der Waals surface area contributed by atoms with Crippen molar-refractivity contribution in [3.05, 3.63) is 0 Å². The normalized spacial score (nSPS) is 54.2. The first-order valence-electron chi connectivity index (χ1n) is 7.41. The third-order valence-electron chi connectivity index (χ3n) is 5.96. The maximum absolute atomic E-state index is 11.4. The van der Waals surface area contributed by atoms with Gasteiger partial charge in [-0.2, -0.15) is 0 Å². The van der Waals surface area contributed by atoms with Crippen LogP contribution in [0.3, 0.4) is 0 Å². The average molecular weight is 253 g/mol.